The second kappa shape index (κ2) is 11.4. The molecule has 1 aromatic heterocycles. The summed E-state index contributed by atoms with van der Waals surface area (Å²) in [4.78, 5) is 35.9. The van der Waals surface area contributed by atoms with Gasteiger partial charge >= 0.3 is 0 Å². The fourth-order valence-electron chi connectivity index (χ4n) is 3.29. The van der Waals surface area contributed by atoms with Crippen LogP contribution in [0.1, 0.15) is 46.4 Å². The molecule has 0 aliphatic heterocycles. The van der Waals surface area contributed by atoms with E-state index >= 15 is 0 Å². The number of thioether (sulfide) groups is 1. The lowest BCUT2D eigenvalue weighted by atomic mass is 10.0. The van der Waals surface area contributed by atoms with Gasteiger partial charge in [-0.25, -0.2) is 0 Å². The highest BCUT2D eigenvalue weighted by Gasteiger charge is 2.26. The largest absolute Gasteiger partial charge is 0.342 e. The van der Waals surface area contributed by atoms with Crippen LogP contribution in [0, 0.1) is 16.0 Å². The molecule has 0 bridgehead atoms. The van der Waals surface area contributed by atoms with Crippen molar-refractivity contribution in [3.8, 4) is 0 Å². The first-order chi connectivity index (χ1) is 16.3. The SMILES string of the molecule is C=CCn1c(SCC(=O)c2cccc([N+](=O)[O-])c2)nnc1[C@H](NC(=O)c1ccccc1)C(C)C. The number of nitrogens with zero attached hydrogens (tertiary/aromatic N) is 4. The average Bonchev–Trinajstić information content (AvgIpc) is 3.23. The standard InChI is InChI=1S/C24H25N5O4S/c1-4-13-28-22(21(16(2)3)25-23(31)17-9-6-5-7-10-17)26-27-24(28)34-15-20(30)18-11-8-12-19(14-18)29(32)33/h4-12,14,16,21H,1,13,15H2,2-3H3,(H,25,31)/t21-/m1/s1. The van der Waals surface area contributed by atoms with Gasteiger partial charge < -0.3 is 9.88 Å². The number of non-ortho nitro benzene ring substituents is 1. The van der Waals surface area contributed by atoms with E-state index in [1.54, 1.807) is 36.4 Å². The van der Waals surface area contributed by atoms with Crippen LogP contribution in [0.3, 0.4) is 0 Å². The summed E-state index contributed by atoms with van der Waals surface area (Å²) >= 11 is 1.18. The molecular formula is C24H25N5O4S. The van der Waals surface area contributed by atoms with Crippen molar-refractivity contribution < 1.29 is 14.5 Å². The molecule has 0 aliphatic carbocycles. The molecule has 3 rings (SSSR count). The Morgan fingerprint density at radius 3 is 2.50 bits per heavy atom. The first-order valence-corrected chi connectivity index (χ1v) is 11.6. The molecule has 1 amide bonds. The minimum atomic E-state index is -0.535. The zero-order valence-corrected chi connectivity index (χ0v) is 19.7. The number of nitrogens with one attached hydrogen (secondary N) is 1. The Morgan fingerprint density at radius 1 is 1.15 bits per heavy atom. The molecular weight excluding hydrogens is 454 g/mol. The molecule has 1 N–H and O–H groups in total. The molecule has 0 saturated carbocycles. The lowest BCUT2D eigenvalue weighted by Gasteiger charge is -2.22. The van der Waals surface area contributed by atoms with E-state index in [-0.39, 0.29) is 34.6 Å². The summed E-state index contributed by atoms with van der Waals surface area (Å²) in [5, 5.41) is 23.1. The maximum atomic E-state index is 12.8. The van der Waals surface area contributed by atoms with Crippen molar-refractivity contribution in [3.63, 3.8) is 0 Å². The Hall–Kier alpha value is -3.79. The van der Waals surface area contributed by atoms with Crippen LogP contribution < -0.4 is 5.32 Å². The van der Waals surface area contributed by atoms with Gasteiger partial charge in [-0.2, -0.15) is 0 Å². The first-order valence-electron chi connectivity index (χ1n) is 10.6. The van der Waals surface area contributed by atoms with Crippen LogP contribution in [0.25, 0.3) is 0 Å². The number of carbonyl (C=O) groups is 2. The molecule has 176 valence electrons. The summed E-state index contributed by atoms with van der Waals surface area (Å²) in [5.41, 5.74) is 0.661. The normalized spacial score (nSPS) is 11.7. The van der Waals surface area contributed by atoms with Crippen molar-refractivity contribution in [2.45, 2.75) is 31.6 Å². The third-order valence-electron chi connectivity index (χ3n) is 5.04. The van der Waals surface area contributed by atoms with Crippen molar-refractivity contribution in [2.24, 2.45) is 5.92 Å². The number of hydrogen-bond acceptors (Lipinski definition) is 7. The number of nitro benzene ring substituents is 1. The monoisotopic (exact) mass is 479 g/mol. The summed E-state index contributed by atoms with van der Waals surface area (Å²) in [7, 11) is 0. The maximum Gasteiger partial charge on any atom is 0.270 e. The van der Waals surface area contributed by atoms with Gasteiger partial charge in [0.2, 0.25) is 0 Å². The fraction of sp³-hybridized carbons (Fsp3) is 0.250. The summed E-state index contributed by atoms with van der Waals surface area (Å²) < 4.78 is 1.81. The molecule has 0 fully saturated rings. The van der Waals surface area contributed by atoms with E-state index in [9.17, 15) is 19.7 Å². The molecule has 0 radical (unpaired) electrons. The van der Waals surface area contributed by atoms with Crippen LogP contribution in [0.4, 0.5) is 5.69 Å². The van der Waals surface area contributed by atoms with E-state index in [0.29, 0.717) is 23.1 Å². The zero-order chi connectivity index (χ0) is 24.7. The summed E-state index contributed by atoms with van der Waals surface area (Å²) in [5.74, 6) is 0.122. The fourth-order valence-corrected chi connectivity index (χ4v) is 4.14. The van der Waals surface area contributed by atoms with Gasteiger partial charge in [-0.3, -0.25) is 19.7 Å². The van der Waals surface area contributed by atoms with Crippen molar-refractivity contribution in [1.82, 2.24) is 20.1 Å². The first kappa shape index (κ1) is 24.8. The highest BCUT2D eigenvalue weighted by Crippen LogP contribution is 2.26. The number of amides is 1. The number of Topliss-reactive ketones (excluding diaryl/α,β-unsaturated/α-hetero) is 1. The van der Waals surface area contributed by atoms with E-state index in [2.05, 4.69) is 22.1 Å². The molecule has 1 heterocycles. The highest BCUT2D eigenvalue weighted by atomic mass is 32.2. The highest BCUT2D eigenvalue weighted by molar-refractivity contribution is 7.99. The number of carbonyl (C=O) groups excluding carboxylic acids is 2. The van der Waals surface area contributed by atoms with Gasteiger partial charge in [0.1, 0.15) is 0 Å². The van der Waals surface area contributed by atoms with Crippen molar-refractivity contribution >= 4 is 29.1 Å². The second-order valence-electron chi connectivity index (χ2n) is 7.82. The molecule has 0 aliphatic rings. The Bertz CT molecular complexity index is 1190. The number of ketones is 1. The van der Waals surface area contributed by atoms with Gasteiger partial charge in [0.05, 0.1) is 16.7 Å². The number of benzene rings is 2. The lowest BCUT2D eigenvalue weighted by Crippen LogP contribution is -2.33. The topological polar surface area (TPSA) is 120 Å². The van der Waals surface area contributed by atoms with E-state index in [1.807, 2.05) is 24.5 Å². The minimum absolute atomic E-state index is 0.0183. The molecule has 2 aromatic carbocycles. The Labute approximate surface area is 201 Å². The van der Waals surface area contributed by atoms with Crippen molar-refractivity contribution in [1.29, 1.82) is 0 Å². The molecule has 10 heteroatoms. The van der Waals surface area contributed by atoms with Crippen molar-refractivity contribution in [3.05, 3.63) is 94.3 Å². The maximum absolute atomic E-state index is 12.8. The van der Waals surface area contributed by atoms with E-state index in [1.165, 1.54) is 30.0 Å². The molecule has 9 nitrogen and oxygen atoms in total. The molecule has 1 atom stereocenters. The van der Waals surface area contributed by atoms with Gasteiger partial charge in [0.25, 0.3) is 11.6 Å². The number of rotatable bonds is 11. The van der Waals surface area contributed by atoms with Crippen LogP contribution in [-0.2, 0) is 6.54 Å². The van der Waals surface area contributed by atoms with E-state index in [4.69, 9.17) is 0 Å². The van der Waals surface area contributed by atoms with Crippen LogP contribution in [0.15, 0.2) is 72.4 Å². The number of nitro groups is 1. The van der Waals surface area contributed by atoms with Gasteiger partial charge in [0, 0.05) is 29.8 Å². The zero-order valence-electron chi connectivity index (χ0n) is 18.9. The predicted molar refractivity (Wildman–Crippen MR) is 130 cm³/mol. The van der Waals surface area contributed by atoms with Crippen LogP contribution >= 0.6 is 11.8 Å². The van der Waals surface area contributed by atoms with Crippen molar-refractivity contribution in [2.75, 3.05) is 5.75 Å². The number of aromatic nitrogens is 3. The number of hydrogen-bond donors (Lipinski definition) is 1. The summed E-state index contributed by atoms with van der Waals surface area (Å²) in [6.45, 7) is 8.13. The molecule has 0 unspecified atom stereocenters. The predicted octanol–water partition coefficient (Wildman–Crippen LogP) is 4.47. The average molecular weight is 480 g/mol. The molecule has 0 saturated heterocycles. The van der Waals surface area contributed by atoms with Crippen LogP contribution in [0.2, 0.25) is 0 Å². The minimum Gasteiger partial charge on any atom is -0.342 e. The molecule has 3 aromatic rings. The van der Waals surface area contributed by atoms with Crippen LogP contribution in [0.5, 0.6) is 0 Å². The summed E-state index contributed by atoms with van der Waals surface area (Å²) in [6, 6.07) is 14.1. The van der Waals surface area contributed by atoms with E-state index in [0.717, 1.165) is 0 Å². The van der Waals surface area contributed by atoms with Crippen LogP contribution in [-0.4, -0.2) is 37.1 Å². The Morgan fingerprint density at radius 2 is 1.85 bits per heavy atom. The number of allylic oxidation sites excluding steroid dienone is 1. The summed E-state index contributed by atoms with van der Waals surface area (Å²) in [6.07, 6.45) is 1.69. The lowest BCUT2D eigenvalue weighted by molar-refractivity contribution is -0.384. The van der Waals surface area contributed by atoms with Gasteiger partial charge in [-0.05, 0) is 18.1 Å². The molecule has 0 spiro atoms. The van der Waals surface area contributed by atoms with Gasteiger partial charge in [-0.1, -0.05) is 62.0 Å². The van der Waals surface area contributed by atoms with Gasteiger partial charge in [0.15, 0.2) is 16.8 Å². The quantitative estimate of drug-likeness (QED) is 0.142. The Kier molecular flexibility index (Phi) is 8.31. The smallest absolute Gasteiger partial charge is 0.270 e. The third kappa shape index (κ3) is 5.96. The van der Waals surface area contributed by atoms with E-state index < -0.39 is 11.0 Å². The molecule has 34 heavy (non-hydrogen) atoms. The third-order valence-corrected chi connectivity index (χ3v) is 6.00. The van der Waals surface area contributed by atoms with Gasteiger partial charge in [-0.15, -0.1) is 16.8 Å². The Balaban J connectivity index is 1.80. The second-order valence-corrected chi connectivity index (χ2v) is 8.76.